The van der Waals surface area contributed by atoms with E-state index in [1.807, 2.05) is 18.2 Å². The number of aryl methyl sites for hydroxylation is 1. The van der Waals surface area contributed by atoms with Crippen molar-refractivity contribution in [2.24, 2.45) is 0 Å². The van der Waals surface area contributed by atoms with Crippen molar-refractivity contribution in [1.29, 1.82) is 0 Å². The molecule has 0 saturated carbocycles. The first-order valence-electron chi connectivity index (χ1n) is 6.26. The van der Waals surface area contributed by atoms with Gasteiger partial charge in [0.25, 0.3) is 0 Å². The molecule has 2 unspecified atom stereocenters. The van der Waals surface area contributed by atoms with E-state index in [-0.39, 0.29) is 12.6 Å². The van der Waals surface area contributed by atoms with Crippen molar-refractivity contribution in [2.45, 2.75) is 37.8 Å². The van der Waals surface area contributed by atoms with Crippen molar-refractivity contribution < 1.29 is 15.0 Å². The van der Waals surface area contributed by atoms with Crippen LogP contribution in [0.2, 0.25) is 0 Å². The maximum Gasteiger partial charge on any atom is 0.324 e. The van der Waals surface area contributed by atoms with E-state index in [0.717, 1.165) is 12.0 Å². The summed E-state index contributed by atoms with van der Waals surface area (Å²) in [4.78, 5) is 11.6. The second kappa shape index (κ2) is 5.08. The number of carboxylic acids is 1. The summed E-state index contributed by atoms with van der Waals surface area (Å²) < 4.78 is 0. The molecule has 3 N–H and O–H groups in total. The van der Waals surface area contributed by atoms with Gasteiger partial charge in [-0.25, -0.2) is 0 Å². The van der Waals surface area contributed by atoms with E-state index < -0.39 is 11.5 Å². The Kier molecular flexibility index (Phi) is 3.68. The van der Waals surface area contributed by atoms with Crippen LogP contribution in [0.25, 0.3) is 0 Å². The molecule has 0 fully saturated rings. The van der Waals surface area contributed by atoms with Crippen LogP contribution in [0.4, 0.5) is 0 Å². The van der Waals surface area contributed by atoms with Gasteiger partial charge in [0.05, 0.1) is 6.61 Å². The molecule has 0 aliphatic heterocycles. The highest BCUT2D eigenvalue weighted by Gasteiger charge is 2.41. The number of fused-ring (bicyclic) bond motifs is 1. The molecule has 4 heteroatoms. The molecule has 1 aromatic rings. The molecule has 0 radical (unpaired) electrons. The second-order valence-electron chi connectivity index (χ2n) is 5.06. The quantitative estimate of drug-likeness (QED) is 0.743. The zero-order valence-electron chi connectivity index (χ0n) is 10.5. The molecule has 1 aliphatic carbocycles. The molecule has 0 saturated heterocycles. The minimum atomic E-state index is -0.948. The van der Waals surface area contributed by atoms with E-state index >= 15 is 0 Å². The van der Waals surface area contributed by atoms with Crippen molar-refractivity contribution in [3.8, 4) is 0 Å². The number of aliphatic hydroxyl groups is 1. The zero-order valence-corrected chi connectivity index (χ0v) is 10.5. The molecule has 18 heavy (non-hydrogen) atoms. The highest BCUT2D eigenvalue weighted by molar-refractivity contribution is 5.80. The number of benzene rings is 1. The summed E-state index contributed by atoms with van der Waals surface area (Å²) in [6, 6.07) is 7.74. The van der Waals surface area contributed by atoms with Crippen LogP contribution in [-0.4, -0.2) is 34.4 Å². The van der Waals surface area contributed by atoms with Gasteiger partial charge in [0.2, 0.25) is 0 Å². The average molecular weight is 249 g/mol. The molecule has 4 nitrogen and oxygen atoms in total. The van der Waals surface area contributed by atoms with Gasteiger partial charge in [-0.05, 0) is 30.9 Å². The average Bonchev–Trinajstić information content (AvgIpc) is 2.38. The molecule has 0 heterocycles. The van der Waals surface area contributed by atoms with E-state index in [9.17, 15) is 9.90 Å². The number of aliphatic hydroxyl groups excluding tert-OH is 1. The molecular formula is C14H19NO3. The van der Waals surface area contributed by atoms with Gasteiger partial charge in [-0.1, -0.05) is 24.3 Å². The number of carboxylic acid groups (broad SMARTS) is 1. The lowest BCUT2D eigenvalue weighted by atomic mass is 9.77. The van der Waals surface area contributed by atoms with Gasteiger partial charge in [-0.15, -0.1) is 0 Å². The van der Waals surface area contributed by atoms with Crippen LogP contribution in [0.5, 0.6) is 0 Å². The highest BCUT2D eigenvalue weighted by Crippen LogP contribution is 2.29. The van der Waals surface area contributed by atoms with Crippen LogP contribution in [-0.2, 0) is 17.6 Å². The van der Waals surface area contributed by atoms with Crippen LogP contribution in [0.15, 0.2) is 24.3 Å². The normalized spacial score (nSPS) is 24.3. The largest absolute Gasteiger partial charge is 0.480 e. The maximum absolute atomic E-state index is 11.6. The fraction of sp³-hybridized carbons (Fsp3) is 0.500. The van der Waals surface area contributed by atoms with Gasteiger partial charge in [-0.2, -0.15) is 0 Å². The van der Waals surface area contributed by atoms with Crippen molar-refractivity contribution in [2.75, 3.05) is 6.61 Å². The maximum atomic E-state index is 11.6. The minimum Gasteiger partial charge on any atom is -0.480 e. The number of hydrogen-bond acceptors (Lipinski definition) is 3. The van der Waals surface area contributed by atoms with Crippen molar-refractivity contribution in [1.82, 2.24) is 5.32 Å². The van der Waals surface area contributed by atoms with E-state index in [2.05, 4.69) is 11.4 Å². The smallest absolute Gasteiger partial charge is 0.324 e. The van der Waals surface area contributed by atoms with Crippen molar-refractivity contribution in [3.05, 3.63) is 35.4 Å². The Hall–Kier alpha value is -1.39. The first-order valence-corrected chi connectivity index (χ1v) is 6.26. The summed E-state index contributed by atoms with van der Waals surface area (Å²) in [6.07, 6.45) is 1.79. The Bertz CT molecular complexity index is 446. The summed E-state index contributed by atoms with van der Waals surface area (Å²) in [5, 5.41) is 21.7. The van der Waals surface area contributed by atoms with E-state index in [4.69, 9.17) is 5.11 Å². The summed E-state index contributed by atoms with van der Waals surface area (Å²) in [5.41, 5.74) is 1.37. The molecular weight excluding hydrogens is 230 g/mol. The van der Waals surface area contributed by atoms with Gasteiger partial charge in [0.1, 0.15) is 5.54 Å². The number of aliphatic carboxylic acids is 1. The number of nitrogens with one attached hydrogen (secondary N) is 1. The van der Waals surface area contributed by atoms with Crippen LogP contribution in [0, 0.1) is 0 Å². The molecule has 98 valence electrons. The van der Waals surface area contributed by atoms with Crippen LogP contribution < -0.4 is 5.32 Å². The second-order valence-corrected chi connectivity index (χ2v) is 5.06. The Morgan fingerprint density at radius 2 is 2.11 bits per heavy atom. The number of carbonyl (C=O) groups is 1. The third-order valence-electron chi connectivity index (χ3n) is 3.64. The topological polar surface area (TPSA) is 69.6 Å². The summed E-state index contributed by atoms with van der Waals surface area (Å²) in [7, 11) is 0. The van der Waals surface area contributed by atoms with Gasteiger partial charge in [0, 0.05) is 12.5 Å². The zero-order chi connectivity index (χ0) is 13.2. The highest BCUT2D eigenvalue weighted by atomic mass is 16.4. The molecule has 2 atom stereocenters. The molecule has 0 amide bonds. The summed E-state index contributed by atoms with van der Waals surface area (Å²) in [5.74, 6) is -0.836. The predicted octanol–water partition coefficient (Wildman–Crippen LogP) is 0.969. The Labute approximate surface area is 107 Å². The first kappa shape index (κ1) is 13.1. The Balaban J connectivity index is 2.27. The Morgan fingerprint density at radius 1 is 1.44 bits per heavy atom. The fourth-order valence-electron chi connectivity index (χ4n) is 2.62. The third kappa shape index (κ3) is 2.40. The molecule has 1 aliphatic rings. The van der Waals surface area contributed by atoms with E-state index in [1.54, 1.807) is 6.92 Å². The van der Waals surface area contributed by atoms with E-state index in [0.29, 0.717) is 12.8 Å². The van der Waals surface area contributed by atoms with Gasteiger partial charge in [0.15, 0.2) is 0 Å². The predicted molar refractivity (Wildman–Crippen MR) is 68.5 cm³/mol. The van der Waals surface area contributed by atoms with Gasteiger partial charge >= 0.3 is 5.97 Å². The lowest BCUT2D eigenvalue weighted by Gasteiger charge is -2.37. The summed E-state index contributed by atoms with van der Waals surface area (Å²) >= 11 is 0. The lowest BCUT2D eigenvalue weighted by Crippen LogP contribution is -2.59. The standard InChI is InChI=1S/C14H19NO3/c1-10(9-16)15-14(13(17)18)7-6-11-4-2-3-5-12(11)8-14/h2-5,10,15-16H,6-9H2,1H3,(H,17,18). The third-order valence-corrected chi connectivity index (χ3v) is 3.64. The number of rotatable bonds is 4. The monoisotopic (exact) mass is 249 g/mol. The molecule has 0 spiro atoms. The van der Waals surface area contributed by atoms with Gasteiger partial charge < -0.3 is 10.2 Å². The molecule has 0 aromatic heterocycles. The SMILES string of the molecule is CC(CO)NC1(C(=O)O)CCc2ccccc2C1. The number of hydrogen-bond donors (Lipinski definition) is 3. The molecule has 2 rings (SSSR count). The van der Waals surface area contributed by atoms with Crippen molar-refractivity contribution >= 4 is 5.97 Å². The van der Waals surface area contributed by atoms with Crippen LogP contribution in [0.1, 0.15) is 24.5 Å². The minimum absolute atomic E-state index is 0.0589. The van der Waals surface area contributed by atoms with Crippen LogP contribution in [0.3, 0.4) is 0 Å². The van der Waals surface area contributed by atoms with E-state index in [1.165, 1.54) is 5.56 Å². The summed E-state index contributed by atoms with van der Waals surface area (Å²) in [6.45, 7) is 1.74. The lowest BCUT2D eigenvalue weighted by molar-refractivity contribution is -0.146. The van der Waals surface area contributed by atoms with Crippen LogP contribution >= 0.6 is 0 Å². The van der Waals surface area contributed by atoms with Gasteiger partial charge in [-0.3, -0.25) is 10.1 Å². The first-order chi connectivity index (χ1) is 8.57. The molecule has 1 aromatic carbocycles. The fourth-order valence-corrected chi connectivity index (χ4v) is 2.62. The van der Waals surface area contributed by atoms with Crippen molar-refractivity contribution in [3.63, 3.8) is 0 Å². The molecule has 0 bridgehead atoms. The Morgan fingerprint density at radius 3 is 2.72 bits per heavy atom.